The number of nitrogens with one attached hydrogen (secondary N) is 1. The number of aromatic nitrogens is 3. The Balaban J connectivity index is 2.02. The molecule has 5 nitrogen and oxygen atoms in total. The van der Waals surface area contributed by atoms with Gasteiger partial charge in [-0.2, -0.15) is 0 Å². The van der Waals surface area contributed by atoms with Crippen molar-refractivity contribution in [1.29, 1.82) is 0 Å². The van der Waals surface area contributed by atoms with Gasteiger partial charge in [0.2, 0.25) is 5.88 Å². The number of rotatable bonds is 7. The summed E-state index contributed by atoms with van der Waals surface area (Å²) in [7, 11) is 3.66. The van der Waals surface area contributed by atoms with Gasteiger partial charge in [0.15, 0.2) is 0 Å². The minimum Gasteiger partial charge on any atom is -0.481 e. The average Bonchev–Trinajstić information content (AvgIpc) is 2.85. The van der Waals surface area contributed by atoms with Gasteiger partial charge in [-0.05, 0) is 18.5 Å². The zero-order valence-corrected chi connectivity index (χ0v) is 12.3. The van der Waals surface area contributed by atoms with Crippen molar-refractivity contribution in [2.75, 3.05) is 13.7 Å². The predicted octanol–water partition coefficient (Wildman–Crippen LogP) is 1.59. The van der Waals surface area contributed by atoms with Gasteiger partial charge in [-0.25, -0.2) is 9.97 Å². The maximum absolute atomic E-state index is 5.08. The Hall–Kier alpha value is -1.88. The van der Waals surface area contributed by atoms with E-state index < -0.39 is 0 Å². The van der Waals surface area contributed by atoms with Crippen molar-refractivity contribution in [3.8, 4) is 5.88 Å². The van der Waals surface area contributed by atoms with E-state index >= 15 is 0 Å². The van der Waals surface area contributed by atoms with E-state index in [1.165, 1.54) is 5.56 Å². The van der Waals surface area contributed by atoms with Crippen molar-refractivity contribution in [2.45, 2.75) is 25.8 Å². The van der Waals surface area contributed by atoms with E-state index in [1.807, 2.05) is 31.7 Å². The van der Waals surface area contributed by atoms with Gasteiger partial charge in [-0.15, -0.1) is 0 Å². The lowest BCUT2D eigenvalue weighted by Crippen LogP contribution is -2.33. The molecule has 2 rings (SSSR count). The van der Waals surface area contributed by atoms with Crippen molar-refractivity contribution < 1.29 is 4.74 Å². The number of hydrogen-bond acceptors (Lipinski definition) is 4. The van der Waals surface area contributed by atoms with Gasteiger partial charge in [-0.1, -0.05) is 13.0 Å². The molecule has 0 saturated carbocycles. The SMILES string of the molecule is CCNC(Cc1ccc(OC)nc1)Cc1nccn1C. The molecule has 0 radical (unpaired) electrons. The van der Waals surface area contributed by atoms with Crippen LogP contribution in [0.15, 0.2) is 30.7 Å². The number of likely N-dealkylation sites (N-methyl/N-ethyl adjacent to an activating group) is 1. The van der Waals surface area contributed by atoms with Gasteiger partial charge in [-0.3, -0.25) is 0 Å². The molecule has 2 aromatic heterocycles. The molecule has 0 saturated heterocycles. The van der Waals surface area contributed by atoms with E-state index in [9.17, 15) is 0 Å². The first-order valence-corrected chi connectivity index (χ1v) is 6.91. The lowest BCUT2D eigenvalue weighted by atomic mass is 10.0. The molecule has 20 heavy (non-hydrogen) atoms. The van der Waals surface area contributed by atoms with Gasteiger partial charge >= 0.3 is 0 Å². The first-order valence-electron chi connectivity index (χ1n) is 6.91. The first-order chi connectivity index (χ1) is 9.72. The second kappa shape index (κ2) is 7.05. The van der Waals surface area contributed by atoms with Crippen LogP contribution >= 0.6 is 0 Å². The second-order valence-corrected chi connectivity index (χ2v) is 4.83. The van der Waals surface area contributed by atoms with E-state index in [1.54, 1.807) is 7.11 Å². The van der Waals surface area contributed by atoms with Crippen LogP contribution in [0.5, 0.6) is 5.88 Å². The maximum Gasteiger partial charge on any atom is 0.212 e. The summed E-state index contributed by atoms with van der Waals surface area (Å²) in [6, 6.07) is 4.32. The van der Waals surface area contributed by atoms with Gasteiger partial charge in [0, 0.05) is 44.2 Å². The molecular formula is C15H22N4O. The molecule has 1 unspecified atom stereocenters. The van der Waals surface area contributed by atoms with Crippen molar-refractivity contribution in [1.82, 2.24) is 19.9 Å². The van der Waals surface area contributed by atoms with Crippen LogP contribution < -0.4 is 10.1 Å². The fraction of sp³-hybridized carbons (Fsp3) is 0.467. The van der Waals surface area contributed by atoms with Crippen LogP contribution in [0.1, 0.15) is 18.3 Å². The largest absolute Gasteiger partial charge is 0.481 e. The molecule has 0 aliphatic heterocycles. The van der Waals surface area contributed by atoms with Crippen LogP contribution in [-0.4, -0.2) is 34.2 Å². The Bertz CT molecular complexity index is 521. The number of hydrogen-bond donors (Lipinski definition) is 1. The Morgan fingerprint density at radius 1 is 1.30 bits per heavy atom. The number of ether oxygens (including phenoxy) is 1. The minimum absolute atomic E-state index is 0.358. The van der Waals surface area contributed by atoms with Crippen molar-refractivity contribution in [3.63, 3.8) is 0 Å². The second-order valence-electron chi connectivity index (χ2n) is 4.83. The van der Waals surface area contributed by atoms with Crippen molar-refractivity contribution in [3.05, 3.63) is 42.1 Å². The molecule has 2 heterocycles. The summed E-state index contributed by atoms with van der Waals surface area (Å²) in [5, 5.41) is 3.51. The van der Waals surface area contributed by atoms with E-state index in [0.717, 1.165) is 25.2 Å². The Labute approximate surface area is 120 Å². The molecule has 0 aromatic carbocycles. The van der Waals surface area contributed by atoms with Crippen LogP contribution in [0, 0.1) is 0 Å². The standard InChI is InChI=1S/C15H22N4O/c1-4-16-13(10-14-17-7-8-19(14)2)9-12-5-6-15(20-3)18-11-12/h5-8,11,13,16H,4,9-10H2,1-3H3. The quantitative estimate of drug-likeness (QED) is 0.833. The monoisotopic (exact) mass is 274 g/mol. The molecule has 0 bridgehead atoms. The van der Waals surface area contributed by atoms with Crippen molar-refractivity contribution in [2.24, 2.45) is 7.05 Å². The van der Waals surface area contributed by atoms with E-state index in [0.29, 0.717) is 11.9 Å². The highest BCUT2D eigenvalue weighted by molar-refractivity contribution is 5.19. The lowest BCUT2D eigenvalue weighted by Gasteiger charge is -2.17. The molecule has 0 aliphatic carbocycles. The molecule has 0 spiro atoms. The van der Waals surface area contributed by atoms with Crippen LogP contribution in [0.2, 0.25) is 0 Å². The fourth-order valence-electron chi connectivity index (χ4n) is 2.26. The summed E-state index contributed by atoms with van der Waals surface area (Å²) < 4.78 is 7.15. The molecule has 0 aliphatic rings. The highest BCUT2D eigenvalue weighted by Gasteiger charge is 2.12. The summed E-state index contributed by atoms with van der Waals surface area (Å²) in [5.74, 6) is 1.75. The van der Waals surface area contributed by atoms with Crippen LogP contribution in [0.4, 0.5) is 0 Å². The summed E-state index contributed by atoms with van der Waals surface area (Å²) in [5.41, 5.74) is 1.20. The average molecular weight is 274 g/mol. The summed E-state index contributed by atoms with van der Waals surface area (Å²) >= 11 is 0. The predicted molar refractivity (Wildman–Crippen MR) is 78.9 cm³/mol. The topological polar surface area (TPSA) is 52.0 Å². The Morgan fingerprint density at radius 3 is 2.70 bits per heavy atom. The van der Waals surface area contributed by atoms with Crippen LogP contribution in [0.3, 0.4) is 0 Å². The summed E-state index contributed by atoms with van der Waals surface area (Å²) in [6.45, 7) is 3.07. The number of methoxy groups -OCH3 is 1. The highest BCUT2D eigenvalue weighted by atomic mass is 16.5. The number of pyridine rings is 1. The lowest BCUT2D eigenvalue weighted by molar-refractivity contribution is 0.397. The molecule has 5 heteroatoms. The third-order valence-electron chi connectivity index (χ3n) is 3.33. The van der Waals surface area contributed by atoms with Gasteiger partial charge in [0.1, 0.15) is 5.82 Å². The number of aryl methyl sites for hydroxylation is 1. The summed E-state index contributed by atoms with van der Waals surface area (Å²) in [6.07, 6.45) is 7.53. The Kier molecular flexibility index (Phi) is 5.12. The smallest absolute Gasteiger partial charge is 0.212 e. The van der Waals surface area contributed by atoms with Crippen LogP contribution in [0.25, 0.3) is 0 Å². The van der Waals surface area contributed by atoms with Gasteiger partial charge < -0.3 is 14.6 Å². The fourth-order valence-corrected chi connectivity index (χ4v) is 2.26. The van der Waals surface area contributed by atoms with E-state index in [4.69, 9.17) is 4.74 Å². The maximum atomic E-state index is 5.08. The molecule has 1 N–H and O–H groups in total. The molecule has 108 valence electrons. The molecule has 2 aromatic rings. The van der Waals surface area contributed by atoms with Crippen molar-refractivity contribution >= 4 is 0 Å². The van der Waals surface area contributed by atoms with E-state index in [-0.39, 0.29) is 0 Å². The highest BCUT2D eigenvalue weighted by Crippen LogP contribution is 2.11. The van der Waals surface area contributed by atoms with Gasteiger partial charge in [0.25, 0.3) is 0 Å². The zero-order valence-electron chi connectivity index (χ0n) is 12.3. The normalized spacial score (nSPS) is 12.3. The van der Waals surface area contributed by atoms with E-state index in [2.05, 4.69) is 32.8 Å². The molecule has 0 amide bonds. The summed E-state index contributed by atoms with van der Waals surface area (Å²) in [4.78, 5) is 8.65. The number of nitrogens with zero attached hydrogens (tertiary/aromatic N) is 3. The molecular weight excluding hydrogens is 252 g/mol. The molecule has 0 fully saturated rings. The molecule has 1 atom stereocenters. The third kappa shape index (κ3) is 3.81. The first kappa shape index (κ1) is 14.5. The third-order valence-corrected chi connectivity index (χ3v) is 3.33. The minimum atomic E-state index is 0.358. The number of imidazole rings is 1. The Morgan fingerprint density at radius 2 is 2.15 bits per heavy atom. The van der Waals surface area contributed by atoms with Gasteiger partial charge in [0.05, 0.1) is 7.11 Å². The zero-order chi connectivity index (χ0) is 14.4. The van der Waals surface area contributed by atoms with Crippen LogP contribution in [-0.2, 0) is 19.9 Å².